The van der Waals surface area contributed by atoms with Crippen LogP contribution in [0.25, 0.3) is 10.2 Å². The molecule has 0 bridgehead atoms. The maximum atomic E-state index is 5.55. The minimum absolute atomic E-state index is 0.519. The molecular formula is C6H6N4S. The first-order valence-corrected chi connectivity index (χ1v) is 3.89. The van der Waals surface area contributed by atoms with Crippen LogP contribution in [-0.2, 0) is 0 Å². The van der Waals surface area contributed by atoms with Gasteiger partial charge in [-0.05, 0) is 18.5 Å². The second kappa shape index (κ2) is 2.13. The summed E-state index contributed by atoms with van der Waals surface area (Å²) in [6, 6.07) is 0. The molecule has 5 heteroatoms. The lowest BCUT2D eigenvalue weighted by molar-refractivity contribution is 1.10. The summed E-state index contributed by atoms with van der Waals surface area (Å²) in [4.78, 5) is 9.03. The number of hydrogen-bond acceptors (Lipinski definition) is 5. The molecule has 56 valence electrons. The van der Waals surface area contributed by atoms with Crippen molar-refractivity contribution in [2.75, 3.05) is 5.73 Å². The highest BCUT2D eigenvalue weighted by molar-refractivity contribution is 7.13. The van der Waals surface area contributed by atoms with Crippen LogP contribution in [0.5, 0.6) is 0 Å². The fourth-order valence-corrected chi connectivity index (χ4v) is 1.55. The molecule has 0 atom stereocenters. The monoisotopic (exact) mass is 166 g/mol. The number of nitrogens with zero attached hydrogens (tertiary/aromatic N) is 3. The first-order valence-electron chi connectivity index (χ1n) is 3.12. The summed E-state index contributed by atoms with van der Waals surface area (Å²) in [6.07, 6.45) is 1.70. The smallest absolute Gasteiger partial charge is 0.149 e. The van der Waals surface area contributed by atoms with Crippen LogP contribution in [-0.4, -0.2) is 14.3 Å². The van der Waals surface area contributed by atoms with Gasteiger partial charge in [-0.1, -0.05) is 0 Å². The lowest BCUT2D eigenvalue weighted by Gasteiger charge is -1.89. The zero-order valence-electron chi connectivity index (χ0n) is 5.90. The number of nitrogens with two attached hydrogens (primary N) is 1. The van der Waals surface area contributed by atoms with Crippen molar-refractivity contribution in [3.63, 3.8) is 0 Å². The SMILES string of the molecule is Cc1ncc2c(N)nsc2n1. The van der Waals surface area contributed by atoms with E-state index in [2.05, 4.69) is 14.3 Å². The zero-order chi connectivity index (χ0) is 7.84. The molecule has 2 aromatic heterocycles. The van der Waals surface area contributed by atoms with Gasteiger partial charge in [-0.25, -0.2) is 9.97 Å². The second-order valence-electron chi connectivity index (χ2n) is 2.20. The van der Waals surface area contributed by atoms with Gasteiger partial charge in [-0.15, -0.1) is 0 Å². The number of aromatic nitrogens is 3. The molecule has 0 aromatic carbocycles. The van der Waals surface area contributed by atoms with Gasteiger partial charge in [0.1, 0.15) is 16.5 Å². The third-order valence-electron chi connectivity index (χ3n) is 1.38. The van der Waals surface area contributed by atoms with Gasteiger partial charge < -0.3 is 5.73 Å². The van der Waals surface area contributed by atoms with Crippen LogP contribution in [0.15, 0.2) is 6.20 Å². The highest BCUT2D eigenvalue weighted by atomic mass is 32.1. The summed E-state index contributed by atoms with van der Waals surface area (Å²) in [7, 11) is 0. The molecule has 0 aliphatic rings. The first kappa shape index (κ1) is 6.48. The maximum absolute atomic E-state index is 5.55. The number of aryl methyl sites for hydroxylation is 1. The highest BCUT2D eigenvalue weighted by Gasteiger charge is 2.03. The predicted octanol–water partition coefficient (Wildman–Crippen LogP) is 0.977. The molecule has 2 heterocycles. The number of fused-ring (bicyclic) bond motifs is 1. The fourth-order valence-electron chi connectivity index (χ4n) is 0.836. The summed E-state index contributed by atoms with van der Waals surface area (Å²) in [5, 5.41) is 0.848. The summed E-state index contributed by atoms with van der Waals surface area (Å²) >= 11 is 1.30. The van der Waals surface area contributed by atoms with Crippen LogP contribution in [0.2, 0.25) is 0 Å². The van der Waals surface area contributed by atoms with Crippen molar-refractivity contribution in [3.8, 4) is 0 Å². The Morgan fingerprint density at radius 2 is 2.36 bits per heavy atom. The third-order valence-corrected chi connectivity index (χ3v) is 2.15. The molecule has 0 saturated carbocycles. The van der Waals surface area contributed by atoms with E-state index in [1.54, 1.807) is 6.20 Å². The quantitative estimate of drug-likeness (QED) is 0.633. The van der Waals surface area contributed by atoms with E-state index in [1.165, 1.54) is 11.5 Å². The van der Waals surface area contributed by atoms with Crippen molar-refractivity contribution in [1.82, 2.24) is 14.3 Å². The Morgan fingerprint density at radius 3 is 3.18 bits per heavy atom. The van der Waals surface area contributed by atoms with Gasteiger partial charge in [0.15, 0.2) is 0 Å². The maximum Gasteiger partial charge on any atom is 0.149 e. The van der Waals surface area contributed by atoms with Gasteiger partial charge in [0.2, 0.25) is 0 Å². The zero-order valence-corrected chi connectivity index (χ0v) is 6.72. The number of rotatable bonds is 0. The van der Waals surface area contributed by atoms with Crippen LogP contribution >= 0.6 is 11.5 Å². The van der Waals surface area contributed by atoms with Crippen molar-refractivity contribution >= 4 is 27.6 Å². The highest BCUT2D eigenvalue weighted by Crippen LogP contribution is 2.20. The lowest BCUT2D eigenvalue weighted by Crippen LogP contribution is -1.87. The van der Waals surface area contributed by atoms with E-state index in [0.717, 1.165) is 16.0 Å². The van der Waals surface area contributed by atoms with Crippen LogP contribution < -0.4 is 5.73 Å². The minimum atomic E-state index is 0.519. The van der Waals surface area contributed by atoms with Crippen molar-refractivity contribution in [2.24, 2.45) is 0 Å². The van der Waals surface area contributed by atoms with Gasteiger partial charge in [0.25, 0.3) is 0 Å². The molecule has 0 saturated heterocycles. The molecule has 4 nitrogen and oxygen atoms in total. The van der Waals surface area contributed by atoms with E-state index in [4.69, 9.17) is 5.73 Å². The lowest BCUT2D eigenvalue weighted by atomic mass is 10.4. The Bertz CT molecular complexity index is 394. The first-order chi connectivity index (χ1) is 5.27. The predicted molar refractivity (Wildman–Crippen MR) is 44.4 cm³/mol. The Balaban J connectivity index is 2.86. The molecule has 0 spiro atoms. The van der Waals surface area contributed by atoms with Gasteiger partial charge in [0, 0.05) is 6.20 Å². The molecule has 0 radical (unpaired) electrons. The van der Waals surface area contributed by atoms with Crippen molar-refractivity contribution in [3.05, 3.63) is 12.0 Å². The van der Waals surface area contributed by atoms with Crippen LogP contribution in [0, 0.1) is 6.92 Å². The molecule has 0 fully saturated rings. The van der Waals surface area contributed by atoms with Crippen molar-refractivity contribution in [2.45, 2.75) is 6.92 Å². The Kier molecular flexibility index (Phi) is 1.25. The fraction of sp³-hybridized carbons (Fsp3) is 0.167. The Labute approximate surface area is 67.3 Å². The molecule has 0 aliphatic heterocycles. The summed E-state index contributed by atoms with van der Waals surface area (Å²) in [5.74, 6) is 1.27. The normalized spacial score (nSPS) is 10.6. The summed E-state index contributed by atoms with van der Waals surface area (Å²) in [6.45, 7) is 1.84. The average molecular weight is 166 g/mol. The van der Waals surface area contributed by atoms with E-state index in [-0.39, 0.29) is 0 Å². The van der Waals surface area contributed by atoms with E-state index >= 15 is 0 Å². The van der Waals surface area contributed by atoms with E-state index in [9.17, 15) is 0 Å². The van der Waals surface area contributed by atoms with Crippen molar-refractivity contribution in [1.29, 1.82) is 0 Å². The Morgan fingerprint density at radius 1 is 1.55 bits per heavy atom. The summed E-state index contributed by atoms with van der Waals surface area (Å²) in [5.41, 5.74) is 5.55. The van der Waals surface area contributed by atoms with Gasteiger partial charge in [0.05, 0.1) is 5.39 Å². The van der Waals surface area contributed by atoms with Gasteiger partial charge >= 0.3 is 0 Å². The number of anilines is 1. The molecule has 2 N–H and O–H groups in total. The standard InChI is InChI=1S/C6H6N4S/c1-3-8-2-4-5(7)10-11-6(4)9-3/h2H,1H3,(H2,7,10). The minimum Gasteiger partial charge on any atom is -0.382 e. The molecule has 0 aliphatic carbocycles. The largest absolute Gasteiger partial charge is 0.382 e. The van der Waals surface area contributed by atoms with E-state index in [1.807, 2.05) is 6.92 Å². The molecule has 0 amide bonds. The van der Waals surface area contributed by atoms with Crippen LogP contribution in [0.3, 0.4) is 0 Å². The molecular weight excluding hydrogens is 160 g/mol. The van der Waals surface area contributed by atoms with E-state index in [0.29, 0.717) is 5.82 Å². The van der Waals surface area contributed by atoms with E-state index < -0.39 is 0 Å². The third kappa shape index (κ3) is 0.932. The molecule has 11 heavy (non-hydrogen) atoms. The Hall–Kier alpha value is -1.23. The molecule has 0 unspecified atom stereocenters. The van der Waals surface area contributed by atoms with Crippen molar-refractivity contribution < 1.29 is 0 Å². The number of nitrogen functional groups attached to an aromatic ring is 1. The molecule has 2 rings (SSSR count). The molecule has 2 aromatic rings. The second-order valence-corrected chi connectivity index (χ2v) is 2.96. The van der Waals surface area contributed by atoms with Crippen LogP contribution in [0.4, 0.5) is 5.82 Å². The van der Waals surface area contributed by atoms with Gasteiger partial charge in [-0.3, -0.25) is 0 Å². The van der Waals surface area contributed by atoms with Crippen LogP contribution in [0.1, 0.15) is 5.82 Å². The topological polar surface area (TPSA) is 64.7 Å². The summed E-state index contributed by atoms with van der Waals surface area (Å²) < 4.78 is 3.95. The average Bonchev–Trinajstić information content (AvgIpc) is 2.32. The van der Waals surface area contributed by atoms with Gasteiger partial charge in [-0.2, -0.15) is 4.37 Å². The number of hydrogen-bond donors (Lipinski definition) is 1.